The van der Waals surface area contributed by atoms with Gasteiger partial charge in [-0.3, -0.25) is 4.55 Å². The maximum absolute atomic E-state index is 9.08. The summed E-state index contributed by atoms with van der Waals surface area (Å²) in [5.74, 6) is 0. The molecule has 40 valence electrons. The fourth-order valence-electron chi connectivity index (χ4n) is 0. The van der Waals surface area contributed by atoms with Gasteiger partial charge in [-0.05, 0) is 0 Å². The minimum absolute atomic E-state index is 0. The molecule has 5 nitrogen and oxygen atoms in total. The average Bonchev–Trinajstić information content (AvgIpc) is 1.35. The molecule has 0 aromatic rings. The first-order valence-corrected chi connectivity index (χ1v) is 2.23. The summed E-state index contributed by atoms with van der Waals surface area (Å²) in [5, 5.41) is 7.06. The van der Waals surface area contributed by atoms with Gasteiger partial charge in [0.1, 0.15) is 0 Å². The molecule has 0 rings (SSSR count). The molecule has 0 aliphatic heterocycles. The molecule has 0 bridgehead atoms. The first-order chi connectivity index (χ1) is 2.56. The van der Waals surface area contributed by atoms with Crippen molar-refractivity contribution in [3.63, 3.8) is 0 Å². The Bertz CT molecular complexity index is 112. The monoisotopic (exact) mass is 192 g/mol. The van der Waals surface area contributed by atoms with E-state index in [9.17, 15) is 0 Å². The van der Waals surface area contributed by atoms with Crippen LogP contribution in [0.15, 0.2) is 0 Å². The van der Waals surface area contributed by atoms with E-state index in [1.54, 1.807) is 0 Å². The molecule has 0 heterocycles. The van der Waals surface area contributed by atoms with E-state index in [1.165, 1.54) is 0 Å². The summed E-state index contributed by atoms with van der Waals surface area (Å²) in [6.07, 6.45) is 0. The molecule has 0 aliphatic rings. The molecule has 0 unspecified atom stereocenters. The molecule has 2 N–H and O–H groups in total. The molecule has 8 heavy (non-hydrogen) atoms. The third-order valence-corrected chi connectivity index (χ3v) is 0.283. The third kappa shape index (κ3) is 16.0. The van der Waals surface area contributed by atoms with Crippen molar-refractivity contribution in [2.24, 2.45) is 0 Å². The first kappa shape index (κ1) is 17.3. The van der Waals surface area contributed by atoms with E-state index in [2.05, 4.69) is 4.33 Å². The third-order valence-electron chi connectivity index (χ3n) is 0.0942. The van der Waals surface area contributed by atoms with Gasteiger partial charge in [0.25, 0.3) is 0 Å². The second-order valence-corrected chi connectivity index (χ2v) is 1.51. The predicted octanol–water partition coefficient (Wildman–Crippen LogP) is -1.48. The van der Waals surface area contributed by atoms with Crippen LogP contribution < -0.4 is 0 Å². The Morgan fingerprint density at radius 1 is 1.25 bits per heavy atom. The molecule has 0 amide bonds. The standard InChI is InChI=1S/2K.H2O5S/c;;1-5-6(2,3)4/h;;1H,(H,2,3,4). The van der Waals surface area contributed by atoms with E-state index in [0.717, 1.165) is 0 Å². The zero-order chi connectivity index (χ0) is 5.21. The predicted molar refractivity (Wildman–Crippen MR) is 26.8 cm³/mol. The van der Waals surface area contributed by atoms with Gasteiger partial charge in [0.05, 0.1) is 0 Å². The van der Waals surface area contributed by atoms with Crippen molar-refractivity contribution in [1.82, 2.24) is 0 Å². The van der Waals surface area contributed by atoms with Gasteiger partial charge in [0.2, 0.25) is 0 Å². The molecule has 0 saturated carbocycles. The molecular formula is H2K2O5S. The maximum Gasteiger partial charge on any atom is 0.423 e. The van der Waals surface area contributed by atoms with Crippen LogP contribution in [0.1, 0.15) is 0 Å². The summed E-state index contributed by atoms with van der Waals surface area (Å²) < 4.78 is 28.0. The van der Waals surface area contributed by atoms with E-state index in [0.29, 0.717) is 0 Å². The van der Waals surface area contributed by atoms with Crippen molar-refractivity contribution in [1.29, 1.82) is 0 Å². The van der Waals surface area contributed by atoms with E-state index in [4.69, 9.17) is 18.2 Å². The summed E-state index contributed by atoms with van der Waals surface area (Å²) >= 11 is 0. The van der Waals surface area contributed by atoms with Gasteiger partial charge >= 0.3 is 10.4 Å². The topological polar surface area (TPSA) is 83.8 Å². The summed E-state index contributed by atoms with van der Waals surface area (Å²) in [6, 6.07) is 0. The molecule has 0 aliphatic carbocycles. The fraction of sp³-hybridized carbons (Fsp3) is 0. The van der Waals surface area contributed by atoms with Crippen molar-refractivity contribution < 1.29 is 22.6 Å². The number of rotatable bonds is 1. The van der Waals surface area contributed by atoms with Crippen molar-refractivity contribution in [2.45, 2.75) is 0 Å². The van der Waals surface area contributed by atoms with Gasteiger partial charge in [-0.1, -0.05) is 4.33 Å². The Balaban J connectivity index is -0.000000125. The van der Waals surface area contributed by atoms with Crippen molar-refractivity contribution in [3.05, 3.63) is 0 Å². The van der Waals surface area contributed by atoms with Crippen molar-refractivity contribution >= 4 is 113 Å². The molecular weight excluding hydrogens is 190 g/mol. The Kier molecular flexibility index (Phi) is 17.7. The zero-order valence-electron chi connectivity index (χ0n) is 4.53. The first-order valence-electron chi connectivity index (χ1n) is 0.865. The largest absolute Gasteiger partial charge is 0.423 e. The molecule has 0 aromatic heterocycles. The van der Waals surface area contributed by atoms with Crippen molar-refractivity contribution in [2.75, 3.05) is 0 Å². The van der Waals surface area contributed by atoms with Crippen LogP contribution in [0.5, 0.6) is 0 Å². The van der Waals surface area contributed by atoms with E-state index in [-0.39, 0.29) is 103 Å². The molecule has 0 spiro atoms. The Morgan fingerprint density at radius 3 is 1.38 bits per heavy atom. The minimum atomic E-state index is -4.61. The van der Waals surface area contributed by atoms with E-state index >= 15 is 0 Å². The molecule has 0 aromatic carbocycles. The van der Waals surface area contributed by atoms with Gasteiger partial charge in [0, 0.05) is 103 Å². The summed E-state index contributed by atoms with van der Waals surface area (Å²) in [7, 11) is -4.61. The fourth-order valence-corrected chi connectivity index (χ4v) is 0. The van der Waals surface area contributed by atoms with Crippen LogP contribution in [-0.4, -0.2) is 121 Å². The second kappa shape index (κ2) is 8.20. The second-order valence-electron chi connectivity index (χ2n) is 0.502. The van der Waals surface area contributed by atoms with Gasteiger partial charge in [-0.25, -0.2) is 5.26 Å². The smallest absolute Gasteiger partial charge is 0.262 e. The van der Waals surface area contributed by atoms with Crippen molar-refractivity contribution in [3.8, 4) is 0 Å². The Labute approximate surface area is 132 Å². The van der Waals surface area contributed by atoms with Crippen LogP contribution >= 0.6 is 0 Å². The van der Waals surface area contributed by atoms with Crippen LogP contribution in [-0.2, 0) is 14.7 Å². The molecule has 0 saturated heterocycles. The number of hydrogen-bond acceptors (Lipinski definition) is 4. The van der Waals surface area contributed by atoms with Crippen LogP contribution in [0.25, 0.3) is 0 Å². The normalized spacial score (nSPS) is 8.75. The van der Waals surface area contributed by atoms with Crippen LogP contribution in [0.4, 0.5) is 0 Å². The quantitative estimate of drug-likeness (QED) is 0.229. The Morgan fingerprint density at radius 2 is 1.38 bits per heavy atom. The van der Waals surface area contributed by atoms with Gasteiger partial charge in [-0.2, -0.15) is 8.42 Å². The van der Waals surface area contributed by atoms with E-state index in [1.807, 2.05) is 0 Å². The maximum atomic E-state index is 9.08. The minimum Gasteiger partial charge on any atom is -0.262 e. The van der Waals surface area contributed by atoms with Crippen LogP contribution in [0, 0.1) is 0 Å². The molecule has 8 heteroatoms. The molecule has 2 radical (unpaired) electrons. The van der Waals surface area contributed by atoms with Gasteiger partial charge < -0.3 is 0 Å². The SMILES string of the molecule is O=S(=O)(O)OO.[K].[K]. The summed E-state index contributed by atoms with van der Waals surface area (Å²) in [5.41, 5.74) is 0. The number of hydrogen-bond donors (Lipinski definition) is 2. The summed E-state index contributed by atoms with van der Waals surface area (Å²) in [6.45, 7) is 0. The van der Waals surface area contributed by atoms with Crippen LogP contribution in [0.2, 0.25) is 0 Å². The summed E-state index contributed by atoms with van der Waals surface area (Å²) in [4.78, 5) is 0. The Hall–Kier alpha value is 3.10. The van der Waals surface area contributed by atoms with Gasteiger partial charge in [-0.15, -0.1) is 0 Å². The van der Waals surface area contributed by atoms with Crippen LogP contribution in [0.3, 0.4) is 0 Å². The average molecular weight is 192 g/mol. The molecule has 0 atom stereocenters. The molecule has 0 fully saturated rings. The van der Waals surface area contributed by atoms with E-state index < -0.39 is 10.4 Å². The zero-order valence-corrected chi connectivity index (χ0v) is 11.6. The van der Waals surface area contributed by atoms with Gasteiger partial charge in [0.15, 0.2) is 0 Å².